The van der Waals surface area contributed by atoms with Crippen LogP contribution in [-0.4, -0.2) is 108 Å². The molecule has 0 bridgehead atoms. The minimum absolute atomic E-state index is 0.186. The van der Waals surface area contributed by atoms with Crippen LogP contribution in [0.15, 0.2) is 0 Å². The van der Waals surface area contributed by atoms with Crippen LogP contribution in [0.1, 0.15) is 32.6 Å². The summed E-state index contributed by atoms with van der Waals surface area (Å²) in [5, 5.41) is 20.1. The van der Waals surface area contributed by atoms with E-state index < -0.39 is 12.2 Å². The van der Waals surface area contributed by atoms with Gasteiger partial charge in [-0.2, -0.15) is 0 Å². The second kappa shape index (κ2) is 7.48. The van der Waals surface area contributed by atoms with Gasteiger partial charge in [-0.05, 0) is 53.2 Å². The summed E-state index contributed by atoms with van der Waals surface area (Å²) in [4.78, 5) is 19.3. The summed E-state index contributed by atoms with van der Waals surface area (Å²) in [6.45, 7) is 5.20. The summed E-state index contributed by atoms with van der Waals surface area (Å²) in [7, 11) is 4.03. The van der Waals surface area contributed by atoms with Crippen LogP contribution >= 0.6 is 0 Å². The molecule has 144 valence electrons. The van der Waals surface area contributed by atoms with E-state index in [1.54, 1.807) is 0 Å². The maximum absolute atomic E-state index is 13.0. The van der Waals surface area contributed by atoms with Crippen molar-refractivity contribution in [1.82, 2.24) is 14.7 Å². The van der Waals surface area contributed by atoms with Gasteiger partial charge in [-0.25, -0.2) is 0 Å². The van der Waals surface area contributed by atoms with Gasteiger partial charge in [-0.1, -0.05) is 0 Å². The van der Waals surface area contributed by atoms with Crippen molar-refractivity contribution in [2.45, 2.75) is 62.4 Å². The molecule has 2 N–H and O–H groups in total. The van der Waals surface area contributed by atoms with Gasteiger partial charge < -0.3 is 19.8 Å². The Morgan fingerprint density at radius 2 is 1.88 bits per heavy atom. The molecule has 3 saturated heterocycles. The minimum Gasteiger partial charge on any atom is -0.389 e. The van der Waals surface area contributed by atoms with Gasteiger partial charge in [0.2, 0.25) is 5.91 Å². The van der Waals surface area contributed by atoms with E-state index in [2.05, 4.69) is 16.7 Å². The number of likely N-dealkylation sites (tertiary alicyclic amines) is 2. The molecule has 3 aliphatic heterocycles. The molecule has 0 unspecified atom stereocenters. The Hall–Kier alpha value is -0.730. The van der Waals surface area contributed by atoms with Crippen molar-refractivity contribution in [3.05, 3.63) is 0 Å². The molecule has 25 heavy (non-hydrogen) atoms. The van der Waals surface area contributed by atoms with Crippen molar-refractivity contribution in [3.8, 4) is 0 Å². The molecule has 0 saturated carbocycles. The Balaban J connectivity index is 1.55. The van der Waals surface area contributed by atoms with E-state index in [1.165, 1.54) is 0 Å². The summed E-state index contributed by atoms with van der Waals surface area (Å²) >= 11 is 0. The average Bonchev–Trinajstić information content (AvgIpc) is 2.96. The van der Waals surface area contributed by atoms with Crippen LogP contribution in [0.5, 0.6) is 0 Å². The molecular formula is C18H33N3O4. The second-order valence-electron chi connectivity index (χ2n) is 8.15. The number of hydrogen-bond donors (Lipinski definition) is 2. The van der Waals surface area contributed by atoms with Crippen LogP contribution in [0.4, 0.5) is 0 Å². The number of rotatable bonds is 3. The zero-order chi connectivity index (χ0) is 18.2. The number of aliphatic hydroxyl groups excluding tert-OH is 2. The normalized spacial score (nSPS) is 38.5. The standard InChI is InChI=1S/C18H33N3O4/c1-18(7-4-8-19(18)2)17(24)21-9-5-13(6-10-21)20(3)14-11-25-12-15(22)16(14)23/h13-16,22-23H,4-12H2,1-3H3/t14-,15-,16+,18+/m1/s1. The van der Waals surface area contributed by atoms with Crippen molar-refractivity contribution in [2.75, 3.05) is 46.9 Å². The van der Waals surface area contributed by atoms with Crippen molar-refractivity contribution >= 4 is 5.91 Å². The molecule has 4 atom stereocenters. The Labute approximate surface area is 150 Å². The van der Waals surface area contributed by atoms with Gasteiger partial charge in [0.15, 0.2) is 0 Å². The predicted octanol–water partition coefficient (Wildman–Crippen LogP) is -0.486. The van der Waals surface area contributed by atoms with Gasteiger partial charge in [-0.3, -0.25) is 14.6 Å². The van der Waals surface area contributed by atoms with Crippen LogP contribution < -0.4 is 0 Å². The lowest BCUT2D eigenvalue weighted by molar-refractivity contribution is -0.147. The van der Waals surface area contributed by atoms with Crippen LogP contribution in [0, 0.1) is 0 Å². The molecule has 7 heteroatoms. The third-order valence-corrected chi connectivity index (χ3v) is 6.68. The number of carbonyl (C=O) groups is 1. The monoisotopic (exact) mass is 355 g/mol. The number of hydrogen-bond acceptors (Lipinski definition) is 6. The maximum atomic E-state index is 13.0. The van der Waals surface area contributed by atoms with E-state index in [9.17, 15) is 15.0 Å². The highest BCUT2D eigenvalue weighted by Gasteiger charge is 2.44. The number of amides is 1. The summed E-state index contributed by atoms with van der Waals surface area (Å²) < 4.78 is 5.41. The number of aliphatic hydroxyl groups is 2. The molecular weight excluding hydrogens is 322 g/mol. The number of carbonyl (C=O) groups excluding carboxylic acids is 1. The first-order valence-corrected chi connectivity index (χ1v) is 9.51. The van der Waals surface area contributed by atoms with E-state index in [-0.39, 0.29) is 24.1 Å². The molecule has 3 fully saturated rings. The van der Waals surface area contributed by atoms with Crippen LogP contribution in [0.25, 0.3) is 0 Å². The zero-order valence-corrected chi connectivity index (χ0v) is 15.7. The van der Waals surface area contributed by atoms with Crippen molar-refractivity contribution in [3.63, 3.8) is 0 Å². The fourth-order valence-corrected chi connectivity index (χ4v) is 4.58. The molecule has 0 aromatic heterocycles. The topological polar surface area (TPSA) is 76.5 Å². The molecule has 3 heterocycles. The average molecular weight is 355 g/mol. The largest absolute Gasteiger partial charge is 0.389 e. The van der Waals surface area contributed by atoms with Gasteiger partial charge in [0, 0.05) is 19.1 Å². The third kappa shape index (κ3) is 3.57. The third-order valence-electron chi connectivity index (χ3n) is 6.68. The molecule has 0 aromatic rings. The van der Waals surface area contributed by atoms with E-state index in [1.807, 2.05) is 19.0 Å². The maximum Gasteiger partial charge on any atom is 0.242 e. The van der Waals surface area contributed by atoms with Gasteiger partial charge in [-0.15, -0.1) is 0 Å². The highest BCUT2D eigenvalue weighted by Crippen LogP contribution is 2.31. The number of nitrogens with zero attached hydrogens (tertiary/aromatic N) is 3. The van der Waals surface area contributed by atoms with E-state index in [4.69, 9.17) is 4.74 Å². The number of ether oxygens (including phenoxy) is 1. The Morgan fingerprint density at radius 3 is 2.48 bits per heavy atom. The first kappa shape index (κ1) is 19.0. The van der Waals surface area contributed by atoms with E-state index in [0.29, 0.717) is 12.6 Å². The van der Waals surface area contributed by atoms with Crippen LogP contribution in [0.2, 0.25) is 0 Å². The van der Waals surface area contributed by atoms with Crippen molar-refractivity contribution in [1.29, 1.82) is 0 Å². The second-order valence-corrected chi connectivity index (χ2v) is 8.15. The molecule has 0 aromatic carbocycles. The van der Waals surface area contributed by atoms with Gasteiger partial charge in [0.25, 0.3) is 0 Å². The van der Waals surface area contributed by atoms with Crippen molar-refractivity contribution in [2.24, 2.45) is 0 Å². The molecule has 0 spiro atoms. The summed E-state index contributed by atoms with van der Waals surface area (Å²) in [6, 6.07) is 0.112. The van der Waals surface area contributed by atoms with Crippen LogP contribution in [-0.2, 0) is 9.53 Å². The number of likely N-dealkylation sites (N-methyl/N-ethyl adjacent to an activating group) is 2. The molecule has 0 aliphatic carbocycles. The lowest BCUT2D eigenvalue weighted by atomic mass is 9.93. The quantitative estimate of drug-likeness (QED) is 0.712. The van der Waals surface area contributed by atoms with Gasteiger partial charge in [0.05, 0.1) is 30.9 Å². The Bertz CT molecular complexity index is 483. The van der Waals surface area contributed by atoms with Crippen LogP contribution in [0.3, 0.4) is 0 Å². The summed E-state index contributed by atoms with van der Waals surface area (Å²) in [5.74, 6) is 0.255. The first-order chi connectivity index (χ1) is 11.8. The summed E-state index contributed by atoms with van der Waals surface area (Å²) in [6.07, 6.45) is 2.21. The molecule has 3 rings (SSSR count). The van der Waals surface area contributed by atoms with Crippen molar-refractivity contribution < 1.29 is 19.7 Å². The first-order valence-electron chi connectivity index (χ1n) is 9.51. The van der Waals surface area contributed by atoms with E-state index >= 15 is 0 Å². The smallest absolute Gasteiger partial charge is 0.242 e. The highest BCUT2D eigenvalue weighted by molar-refractivity contribution is 5.86. The highest BCUT2D eigenvalue weighted by atomic mass is 16.5. The zero-order valence-electron chi connectivity index (χ0n) is 15.7. The predicted molar refractivity (Wildman–Crippen MR) is 94.3 cm³/mol. The van der Waals surface area contributed by atoms with Gasteiger partial charge >= 0.3 is 0 Å². The molecule has 0 radical (unpaired) electrons. The number of piperidine rings is 1. The Morgan fingerprint density at radius 1 is 1.20 bits per heavy atom. The van der Waals surface area contributed by atoms with E-state index in [0.717, 1.165) is 45.3 Å². The fraction of sp³-hybridized carbons (Fsp3) is 0.944. The lowest BCUT2D eigenvalue weighted by Crippen LogP contribution is -2.60. The molecule has 1 amide bonds. The minimum atomic E-state index is -0.819. The summed E-state index contributed by atoms with van der Waals surface area (Å²) in [5.41, 5.74) is -0.351. The fourth-order valence-electron chi connectivity index (χ4n) is 4.58. The van der Waals surface area contributed by atoms with Gasteiger partial charge in [0.1, 0.15) is 6.10 Å². The molecule has 7 nitrogen and oxygen atoms in total. The molecule has 3 aliphatic rings. The Kier molecular flexibility index (Phi) is 5.70. The SMILES string of the molecule is CN(C1CCN(C(=O)[C@]2(C)CCCN2C)CC1)[C@@H]1COC[C@@H](O)[C@H]1O. The lowest BCUT2D eigenvalue weighted by Gasteiger charge is -2.45.